The predicted octanol–water partition coefficient (Wildman–Crippen LogP) is 1.96. The summed E-state index contributed by atoms with van der Waals surface area (Å²) in [5.74, 6) is -0.766. The van der Waals surface area contributed by atoms with E-state index in [1.54, 1.807) is 6.20 Å². The molecule has 0 saturated carbocycles. The van der Waals surface area contributed by atoms with Crippen molar-refractivity contribution in [1.29, 1.82) is 0 Å². The first-order valence-corrected chi connectivity index (χ1v) is 5.08. The molecule has 0 spiro atoms. The molecule has 84 valence electrons. The summed E-state index contributed by atoms with van der Waals surface area (Å²) in [6, 6.07) is 0. The summed E-state index contributed by atoms with van der Waals surface area (Å²) in [6.07, 6.45) is 2.48. The van der Waals surface area contributed by atoms with Crippen LogP contribution >= 0.6 is 0 Å². The van der Waals surface area contributed by atoms with Crippen LogP contribution in [0.15, 0.2) is 6.20 Å². The number of aliphatic carboxylic acids is 1. The molecule has 0 aliphatic heterocycles. The number of carboxylic acids is 1. The van der Waals surface area contributed by atoms with Crippen molar-refractivity contribution in [2.24, 2.45) is 0 Å². The number of rotatable bonds is 3. The monoisotopic (exact) mass is 210 g/mol. The molecular weight excluding hydrogens is 192 g/mol. The van der Waals surface area contributed by atoms with E-state index < -0.39 is 5.97 Å². The summed E-state index contributed by atoms with van der Waals surface area (Å²) in [4.78, 5) is 10.5. The van der Waals surface area contributed by atoms with E-state index in [0.717, 1.165) is 11.3 Å². The number of carboxylic acid groups (broad SMARTS) is 1. The molecule has 4 heteroatoms. The Hall–Kier alpha value is -1.32. The topological polar surface area (TPSA) is 55.1 Å². The molecule has 1 aromatic rings. The fourth-order valence-electron chi connectivity index (χ4n) is 1.61. The van der Waals surface area contributed by atoms with E-state index in [1.165, 1.54) is 0 Å². The second-order valence-corrected chi connectivity index (χ2v) is 4.73. The van der Waals surface area contributed by atoms with Crippen molar-refractivity contribution in [2.45, 2.75) is 46.1 Å². The first-order valence-electron chi connectivity index (χ1n) is 5.08. The van der Waals surface area contributed by atoms with Gasteiger partial charge in [-0.15, -0.1) is 0 Å². The van der Waals surface area contributed by atoms with Crippen LogP contribution in [0.5, 0.6) is 0 Å². The zero-order valence-electron chi connectivity index (χ0n) is 9.74. The second-order valence-electron chi connectivity index (χ2n) is 4.73. The first kappa shape index (κ1) is 11.8. The van der Waals surface area contributed by atoms with Gasteiger partial charge in [-0.2, -0.15) is 5.10 Å². The van der Waals surface area contributed by atoms with E-state index in [0.29, 0.717) is 6.42 Å². The van der Waals surface area contributed by atoms with Crippen LogP contribution in [0.1, 0.15) is 38.4 Å². The van der Waals surface area contributed by atoms with Gasteiger partial charge in [-0.1, -0.05) is 0 Å². The van der Waals surface area contributed by atoms with Crippen LogP contribution in [0.2, 0.25) is 0 Å². The summed E-state index contributed by atoms with van der Waals surface area (Å²) < 4.78 is 1.93. The van der Waals surface area contributed by atoms with Crippen LogP contribution in [0.3, 0.4) is 0 Å². The molecule has 0 unspecified atom stereocenters. The Labute approximate surface area is 89.9 Å². The van der Waals surface area contributed by atoms with Crippen LogP contribution in [-0.2, 0) is 16.8 Å². The van der Waals surface area contributed by atoms with Gasteiger partial charge in [-0.05, 0) is 39.7 Å². The van der Waals surface area contributed by atoms with Gasteiger partial charge < -0.3 is 5.11 Å². The first-order chi connectivity index (χ1) is 6.82. The minimum absolute atomic E-state index is 0.0500. The maximum absolute atomic E-state index is 10.5. The van der Waals surface area contributed by atoms with Gasteiger partial charge in [0.1, 0.15) is 0 Å². The van der Waals surface area contributed by atoms with Crippen molar-refractivity contribution in [3.05, 3.63) is 17.5 Å². The van der Waals surface area contributed by atoms with E-state index >= 15 is 0 Å². The van der Waals surface area contributed by atoms with Crippen molar-refractivity contribution >= 4 is 5.97 Å². The number of hydrogen-bond donors (Lipinski definition) is 1. The van der Waals surface area contributed by atoms with Crippen LogP contribution in [0.4, 0.5) is 0 Å². The summed E-state index contributed by atoms with van der Waals surface area (Å²) in [6.45, 7) is 8.21. The molecule has 1 heterocycles. The Morgan fingerprint density at radius 2 is 2.13 bits per heavy atom. The highest BCUT2D eigenvalue weighted by molar-refractivity contribution is 5.67. The van der Waals surface area contributed by atoms with Crippen LogP contribution < -0.4 is 0 Å². The molecule has 4 nitrogen and oxygen atoms in total. The van der Waals surface area contributed by atoms with Gasteiger partial charge in [0.2, 0.25) is 0 Å². The van der Waals surface area contributed by atoms with Crippen molar-refractivity contribution in [3.63, 3.8) is 0 Å². The molecule has 15 heavy (non-hydrogen) atoms. The number of carbonyl (C=O) groups is 1. The zero-order chi connectivity index (χ0) is 11.6. The minimum atomic E-state index is -0.766. The van der Waals surface area contributed by atoms with Crippen molar-refractivity contribution in [3.8, 4) is 0 Å². The smallest absolute Gasteiger partial charge is 0.303 e. The Balaban J connectivity index is 2.85. The molecular formula is C11H18N2O2. The van der Waals surface area contributed by atoms with Gasteiger partial charge in [0.25, 0.3) is 0 Å². The molecule has 1 aromatic heterocycles. The summed E-state index contributed by atoms with van der Waals surface area (Å²) >= 11 is 0. The standard InChI is InChI=1S/C11H18N2O2/c1-8-9(5-6-10(14)15)7-12-13(8)11(2,3)4/h7H,5-6H2,1-4H3,(H,14,15). The zero-order valence-corrected chi connectivity index (χ0v) is 9.74. The average molecular weight is 210 g/mol. The fourth-order valence-corrected chi connectivity index (χ4v) is 1.61. The third kappa shape index (κ3) is 2.81. The second kappa shape index (κ2) is 4.04. The lowest BCUT2D eigenvalue weighted by molar-refractivity contribution is -0.136. The highest BCUT2D eigenvalue weighted by atomic mass is 16.4. The van der Waals surface area contributed by atoms with Crippen LogP contribution in [0.25, 0.3) is 0 Å². The lowest BCUT2D eigenvalue weighted by Gasteiger charge is -2.21. The lowest BCUT2D eigenvalue weighted by atomic mass is 10.1. The number of hydrogen-bond acceptors (Lipinski definition) is 2. The molecule has 0 bridgehead atoms. The molecule has 0 amide bonds. The Kier molecular flexibility index (Phi) is 3.17. The third-order valence-electron chi connectivity index (χ3n) is 2.36. The van der Waals surface area contributed by atoms with Crippen molar-refractivity contribution in [2.75, 3.05) is 0 Å². The molecule has 0 aromatic carbocycles. The molecule has 0 radical (unpaired) electrons. The molecule has 0 saturated heterocycles. The largest absolute Gasteiger partial charge is 0.481 e. The maximum Gasteiger partial charge on any atom is 0.303 e. The number of aryl methyl sites for hydroxylation is 1. The molecule has 0 fully saturated rings. The summed E-state index contributed by atoms with van der Waals surface area (Å²) in [7, 11) is 0. The van der Waals surface area contributed by atoms with Crippen molar-refractivity contribution < 1.29 is 9.90 Å². The van der Waals surface area contributed by atoms with Crippen molar-refractivity contribution in [1.82, 2.24) is 9.78 Å². The van der Waals surface area contributed by atoms with Gasteiger partial charge in [-0.25, -0.2) is 0 Å². The fraction of sp³-hybridized carbons (Fsp3) is 0.636. The van der Waals surface area contributed by atoms with Gasteiger partial charge in [0.15, 0.2) is 0 Å². The molecule has 0 aliphatic carbocycles. The summed E-state index contributed by atoms with van der Waals surface area (Å²) in [5.41, 5.74) is 2.03. The van der Waals surface area contributed by atoms with E-state index in [9.17, 15) is 4.79 Å². The third-order valence-corrected chi connectivity index (χ3v) is 2.36. The molecule has 1 rings (SSSR count). The SMILES string of the molecule is Cc1c(CCC(=O)O)cnn1C(C)(C)C. The van der Waals surface area contributed by atoms with E-state index in [-0.39, 0.29) is 12.0 Å². The quantitative estimate of drug-likeness (QED) is 0.829. The number of nitrogens with zero attached hydrogens (tertiary/aromatic N) is 2. The van der Waals surface area contributed by atoms with E-state index in [1.807, 2.05) is 11.6 Å². The predicted molar refractivity (Wildman–Crippen MR) is 57.9 cm³/mol. The summed E-state index contributed by atoms with van der Waals surface area (Å²) in [5, 5.41) is 12.9. The Bertz CT molecular complexity index is 361. The number of aromatic nitrogens is 2. The highest BCUT2D eigenvalue weighted by Gasteiger charge is 2.18. The average Bonchev–Trinajstić information content (AvgIpc) is 2.42. The van der Waals surface area contributed by atoms with Gasteiger partial charge >= 0.3 is 5.97 Å². The van der Waals surface area contributed by atoms with Crippen LogP contribution in [-0.4, -0.2) is 20.9 Å². The van der Waals surface area contributed by atoms with Gasteiger partial charge in [0, 0.05) is 12.1 Å². The Morgan fingerprint density at radius 3 is 2.53 bits per heavy atom. The minimum Gasteiger partial charge on any atom is -0.481 e. The van der Waals surface area contributed by atoms with E-state index in [4.69, 9.17) is 5.11 Å². The normalized spacial score (nSPS) is 11.7. The van der Waals surface area contributed by atoms with Gasteiger partial charge in [0.05, 0.1) is 11.7 Å². The molecule has 0 aliphatic rings. The van der Waals surface area contributed by atoms with Gasteiger partial charge in [-0.3, -0.25) is 9.48 Å². The molecule has 1 N–H and O–H groups in total. The highest BCUT2D eigenvalue weighted by Crippen LogP contribution is 2.19. The molecule has 0 atom stereocenters. The maximum atomic E-state index is 10.5. The lowest BCUT2D eigenvalue weighted by Crippen LogP contribution is -2.24. The Morgan fingerprint density at radius 1 is 1.53 bits per heavy atom. The van der Waals surface area contributed by atoms with E-state index in [2.05, 4.69) is 25.9 Å². The van der Waals surface area contributed by atoms with Crippen LogP contribution in [0, 0.1) is 6.92 Å².